The van der Waals surface area contributed by atoms with Crippen LogP contribution in [0.3, 0.4) is 0 Å². The molecule has 3 nitrogen and oxygen atoms in total. The van der Waals surface area contributed by atoms with Crippen molar-refractivity contribution in [1.29, 1.82) is 0 Å². The quantitative estimate of drug-likeness (QED) is 0.568. The SMILES string of the molecule is CCOC(=O)C(OCCCC(F)(F)F)c1ccccc1. The van der Waals surface area contributed by atoms with Crippen LogP contribution in [-0.4, -0.2) is 25.4 Å². The number of hydrogen-bond donors (Lipinski definition) is 0. The van der Waals surface area contributed by atoms with Gasteiger partial charge in [-0.2, -0.15) is 13.2 Å². The highest BCUT2D eigenvalue weighted by atomic mass is 19.4. The maximum absolute atomic E-state index is 12.0. The first kappa shape index (κ1) is 16.5. The molecule has 0 aromatic heterocycles. The summed E-state index contributed by atoms with van der Waals surface area (Å²) in [5, 5.41) is 0. The molecule has 0 aliphatic carbocycles. The minimum absolute atomic E-state index is 0.155. The Kier molecular flexibility index (Phi) is 6.51. The van der Waals surface area contributed by atoms with Crippen LogP contribution < -0.4 is 0 Å². The Labute approximate surface area is 115 Å². The molecule has 0 heterocycles. The molecule has 20 heavy (non-hydrogen) atoms. The fourth-order valence-corrected chi connectivity index (χ4v) is 1.62. The van der Waals surface area contributed by atoms with Crippen molar-refractivity contribution in [3.8, 4) is 0 Å². The van der Waals surface area contributed by atoms with Crippen LogP contribution in [0, 0.1) is 0 Å². The lowest BCUT2D eigenvalue weighted by atomic mass is 10.1. The first-order valence-corrected chi connectivity index (χ1v) is 6.34. The van der Waals surface area contributed by atoms with Crippen LogP contribution in [0.15, 0.2) is 30.3 Å². The number of ether oxygens (including phenoxy) is 2. The van der Waals surface area contributed by atoms with Crippen molar-refractivity contribution in [2.24, 2.45) is 0 Å². The molecule has 1 rings (SSSR count). The summed E-state index contributed by atoms with van der Waals surface area (Å²) < 4.78 is 46.2. The molecule has 1 unspecified atom stereocenters. The summed E-state index contributed by atoms with van der Waals surface area (Å²) in [6.45, 7) is 1.69. The number of rotatable bonds is 7. The molecule has 1 aromatic carbocycles. The summed E-state index contributed by atoms with van der Waals surface area (Å²) in [4.78, 5) is 11.8. The van der Waals surface area contributed by atoms with E-state index in [4.69, 9.17) is 9.47 Å². The van der Waals surface area contributed by atoms with E-state index >= 15 is 0 Å². The van der Waals surface area contributed by atoms with Gasteiger partial charge in [0.2, 0.25) is 0 Å². The number of alkyl halides is 3. The second-order valence-corrected chi connectivity index (χ2v) is 4.13. The maximum Gasteiger partial charge on any atom is 0.389 e. The van der Waals surface area contributed by atoms with Crippen molar-refractivity contribution < 1.29 is 27.4 Å². The van der Waals surface area contributed by atoms with Gasteiger partial charge in [-0.3, -0.25) is 0 Å². The molecule has 0 N–H and O–H groups in total. The zero-order valence-electron chi connectivity index (χ0n) is 11.2. The minimum Gasteiger partial charge on any atom is -0.464 e. The normalized spacial score (nSPS) is 13.0. The zero-order valence-corrected chi connectivity index (χ0v) is 11.2. The van der Waals surface area contributed by atoms with Crippen molar-refractivity contribution in [3.63, 3.8) is 0 Å². The van der Waals surface area contributed by atoms with E-state index in [2.05, 4.69) is 0 Å². The van der Waals surface area contributed by atoms with E-state index in [1.54, 1.807) is 37.3 Å². The van der Waals surface area contributed by atoms with Gasteiger partial charge in [0.1, 0.15) is 0 Å². The van der Waals surface area contributed by atoms with Crippen molar-refractivity contribution in [2.75, 3.05) is 13.2 Å². The molecule has 0 aliphatic rings. The van der Waals surface area contributed by atoms with Gasteiger partial charge >= 0.3 is 12.1 Å². The second-order valence-electron chi connectivity index (χ2n) is 4.13. The number of carbonyl (C=O) groups is 1. The smallest absolute Gasteiger partial charge is 0.389 e. The highest BCUT2D eigenvalue weighted by Crippen LogP contribution is 2.23. The lowest BCUT2D eigenvalue weighted by molar-refractivity contribution is -0.159. The number of esters is 1. The monoisotopic (exact) mass is 290 g/mol. The molecule has 0 saturated carbocycles. The maximum atomic E-state index is 12.0. The first-order chi connectivity index (χ1) is 9.44. The molecule has 1 aromatic rings. The number of benzene rings is 1. The van der Waals surface area contributed by atoms with Gasteiger partial charge in [-0.15, -0.1) is 0 Å². The first-order valence-electron chi connectivity index (χ1n) is 6.34. The van der Waals surface area contributed by atoms with Crippen LogP contribution in [0.4, 0.5) is 13.2 Å². The number of hydrogen-bond acceptors (Lipinski definition) is 3. The minimum atomic E-state index is -4.21. The third-order valence-corrected chi connectivity index (χ3v) is 2.49. The van der Waals surface area contributed by atoms with E-state index < -0.39 is 24.7 Å². The average molecular weight is 290 g/mol. The highest BCUT2D eigenvalue weighted by Gasteiger charge is 2.27. The van der Waals surface area contributed by atoms with E-state index in [0.717, 1.165) is 0 Å². The van der Waals surface area contributed by atoms with Crippen molar-refractivity contribution in [1.82, 2.24) is 0 Å². The van der Waals surface area contributed by atoms with Crippen molar-refractivity contribution >= 4 is 5.97 Å². The van der Waals surface area contributed by atoms with E-state index in [-0.39, 0.29) is 19.6 Å². The van der Waals surface area contributed by atoms with Crippen LogP contribution in [-0.2, 0) is 14.3 Å². The average Bonchev–Trinajstić information content (AvgIpc) is 2.38. The topological polar surface area (TPSA) is 35.5 Å². The van der Waals surface area contributed by atoms with Gasteiger partial charge in [-0.05, 0) is 18.9 Å². The summed E-state index contributed by atoms with van der Waals surface area (Å²) >= 11 is 0. The highest BCUT2D eigenvalue weighted by molar-refractivity contribution is 5.76. The van der Waals surface area contributed by atoms with E-state index in [1.165, 1.54) is 0 Å². The van der Waals surface area contributed by atoms with Crippen LogP contribution in [0.1, 0.15) is 31.4 Å². The van der Waals surface area contributed by atoms with Gasteiger partial charge in [-0.25, -0.2) is 4.79 Å². The Morgan fingerprint density at radius 1 is 1.25 bits per heavy atom. The van der Waals surface area contributed by atoms with Crippen LogP contribution >= 0.6 is 0 Å². The Hall–Kier alpha value is -1.56. The Bertz CT molecular complexity index is 404. The van der Waals surface area contributed by atoms with Crippen LogP contribution in [0.25, 0.3) is 0 Å². The van der Waals surface area contributed by atoms with Gasteiger partial charge < -0.3 is 9.47 Å². The van der Waals surface area contributed by atoms with Gasteiger partial charge in [0.25, 0.3) is 0 Å². The number of halogens is 3. The molecule has 0 bridgehead atoms. The Morgan fingerprint density at radius 2 is 1.90 bits per heavy atom. The molecule has 0 radical (unpaired) electrons. The lowest BCUT2D eigenvalue weighted by Gasteiger charge is -2.17. The standard InChI is InChI=1S/C14H17F3O3/c1-2-19-13(18)12(11-7-4-3-5-8-11)20-10-6-9-14(15,16)17/h3-5,7-8,12H,2,6,9-10H2,1H3. The summed E-state index contributed by atoms with van der Waals surface area (Å²) in [5.41, 5.74) is 0.568. The molecular formula is C14H17F3O3. The van der Waals surface area contributed by atoms with E-state index in [0.29, 0.717) is 5.56 Å². The fraction of sp³-hybridized carbons (Fsp3) is 0.500. The van der Waals surface area contributed by atoms with Crippen molar-refractivity contribution in [3.05, 3.63) is 35.9 Å². The molecule has 0 spiro atoms. The summed E-state index contributed by atoms with van der Waals surface area (Å²) in [6, 6.07) is 8.56. The predicted molar refractivity (Wildman–Crippen MR) is 67.1 cm³/mol. The summed E-state index contributed by atoms with van der Waals surface area (Å²) in [7, 11) is 0. The number of carbonyl (C=O) groups excluding carboxylic acids is 1. The third-order valence-electron chi connectivity index (χ3n) is 2.49. The van der Waals surface area contributed by atoms with E-state index in [9.17, 15) is 18.0 Å². The van der Waals surface area contributed by atoms with Crippen molar-refractivity contribution in [2.45, 2.75) is 32.0 Å². The van der Waals surface area contributed by atoms with Crippen LogP contribution in [0.5, 0.6) is 0 Å². The molecule has 0 amide bonds. The van der Waals surface area contributed by atoms with Crippen LogP contribution in [0.2, 0.25) is 0 Å². The van der Waals surface area contributed by atoms with Gasteiger partial charge in [-0.1, -0.05) is 30.3 Å². The molecule has 0 saturated heterocycles. The summed E-state index contributed by atoms with van der Waals surface area (Å²) in [6.07, 6.45) is -6.32. The molecule has 0 fully saturated rings. The molecule has 112 valence electrons. The molecular weight excluding hydrogens is 273 g/mol. The fourth-order valence-electron chi connectivity index (χ4n) is 1.62. The molecule has 6 heteroatoms. The predicted octanol–water partition coefficient (Wildman–Crippen LogP) is 3.65. The third kappa shape index (κ3) is 6.06. The molecule has 1 atom stereocenters. The van der Waals surface area contributed by atoms with Gasteiger partial charge in [0, 0.05) is 13.0 Å². The lowest BCUT2D eigenvalue weighted by Crippen LogP contribution is -2.20. The largest absolute Gasteiger partial charge is 0.464 e. The van der Waals surface area contributed by atoms with E-state index in [1.807, 2.05) is 0 Å². The van der Waals surface area contributed by atoms with Gasteiger partial charge in [0.15, 0.2) is 6.10 Å². The van der Waals surface area contributed by atoms with Gasteiger partial charge in [0.05, 0.1) is 6.61 Å². The Balaban J connectivity index is 2.58. The zero-order chi connectivity index (χ0) is 15.0. The Morgan fingerprint density at radius 3 is 2.45 bits per heavy atom. The summed E-state index contributed by atoms with van der Waals surface area (Å²) in [5.74, 6) is -0.592. The second kappa shape index (κ2) is 7.89. The molecule has 0 aliphatic heterocycles.